The molecule has 21 heavy (non-hydrogen) atoms. The zero-order chi connectivity index (χ0) is 15.3. The van der Waals surface area contributed by atoms with Crippen LogP contribution in [0.15, 0.2) is 35.3 Å². The molecule has 1 aromatic rings. The Hall–Kier alpha value is -1.55. The lowest BCUT2D eigenvalue weighted by atomic mass is 10.0. The molecular formula is C17H28N4. The van der Waals surface area contributed by atoms with Crippen molar-refractivity contribution in [2.45, 2.75) is 51.2 Å². The molecule has 0 saturated heterocycles. The fraction of sp³-hybridized carbons (Fsp3) is 0.588. The van der Waals surface area contributed by atoms with Crippen molar-refractivity contribution in [3.05, 3.63) is 35.9 Å². The van der Waals surface area contributed by atoms with Crippen LogP contribution in [0.3, 0.4) is 0 Å². The van der Waals surface area contributed by atoms with Gasteiger partial charge in [-0.1, -0.05) is 30.3 Å². The van der Waals surface area contributed by atoms with Gasteiger partial charge in [0.05, 0.1) is 0 Å². The first-order chi connectivity index (χ1) is 10.00. The molecule has 1 fully saturated rings. The molecular weight excluding hydrogens is 260 g/mol. The monoisotopic (exact) mass is 288 g/mol. The predicted molar refractivity (Wildman–Crippen MR) is 89.6 cm³/mol. The molecule has 4 heteroatoms. The third-order valence-corrected chi connectivity index (χ3v) is 3.75. The van der Waals surface area contributed by atoms with Crippen molar-refractivity contribution in [3.8, 4) is 0 Å². The predicted octanol–water partition coefficient (Wildman–Crippen LogP) is 2.44. The largest absolute Gasteiger partial charge is 0.355 e. The van der Waals surface area contributed by atoms with Crippen molar-refractivity contribution >= 4 is 5.96 Å². The SMILES string of the molecule is CN=C(NCC(C)(C)NC(C)c1ccccc1)NC1CC1. The molecule has 0 amide bonds. The van der Waals surface area contributed by atoms with Gasteiger partial charge in [0, 0.05) is 31.2 Å². The van der Waals surface area contributed by atoms with Gasteiger partial charge >= 0.3 is 0 Å². The first-order valence-corrected chi connectivity index (χ1v) is 7.80. The van der Waals surface area contributed by atoms with E-state index < -0.39 is 0 Å². The molecule has 4 nitrogen and oxygen atoms in total. The van der Waals surface area contributed by atoms with Gasteiger partial charge in [-0.25, -0.2) is 0 Å². The Bertz CT molecular complexity index is 463. The highest BCUT2D eigenvalue weighted by Crippen LogP contribution is 2.18. The Morgan fingerprint density at radius 2 is 1.95 bits per heavy atom. The maximum atomic E-state index is 4.28. The number of nitrogens with one attached hydrogen (secondary N) is 3. The van der Waals surface area contributed by atoms with Crippen LogP contribution in [-0.4, -0.2) is 31.1 Å². The highest BCUT2D eigenvalue weighted by atomic mass is 15.2. The van der Waals surface area contributed by atoms with Crippen molar-refractivity contribution in [2.24, 2.45) is 4.99 Å². The van der Waals surface area contributed by atoms with Crippen LogP contribution < -0.4 is 16.0 Å². The summed E-state index contributed by atoms with van der Waals surface area (Å²) < 4.78 is 0. The second-order valence-electron chi connectivity index (χ2n) is 6.50. The van der Waals surface area contributed by atoms with Crippen molar-refractivity contribution in [1.82, 2.24) is 16.0 Å². The third-order valence-electron chi connectivity index (χ3n) is 3.75. The molecule has 0 aromatic heterocycles. The maximum Gasteiger partial charge on any atom is 0.191 e. The Morgan fingerprint density at radius 1 is 1.29 bits per heavy atom. The Morgan fingerprint density at radius 3 is 2.52 bits per heavy atom. The van der Waals surface area contributed by atoms with E-state index in [0.29, 0.717) is 12.1 Å². The first kappa shape index (κ1) is 15.8. The standard InChI is InChI=1S/C17H28N4/c1-13(14-8-6-5-7-9-14)21-17(2,3)12-19-16(18-4)20-15-10-11-15/h5-9,13,15,21H,10-12H2,1-4H3,(H2,18,19,20). The molecule has 0 radical (unpaired) electrons. The van der Waals surface area contributed by atoms with Gasteiger partial charge in [-0.3, -0.25) is 4.99 Å². The van der Waals surface area contributed by atoms with Crippen LogP contribution in [0, 0.1) is 0 Å². The van der Waals surface area contributed by atoms with Crippen LogP contribution in [0.2, 0.25) is 0 Å². The number of hydrogen-bond donors (Lipinski definition) is 3. The molecule has 0 spiro atoms. The summed E-state index contributed by atoms with van der Waals surface area (Å²) >= 11 is 0. The quantitative estimate of drug-likeness (QED) is 0.556. The summed E-state index contributed by atoms with van der Waals surface area (Å²) in [5.74, 6) is 0.903. The zero-order valence-corrected chi connectivity index (χ0v) is 13.6. The van der Waals surface area contributed by atoms with E-state index >= 15 is 0 Å². The van der Waals surface area contributed by atoms with Gasteiger partial charge in [-0.2, -0.15) is 0 Å². The number of hydrogen-bond acceptors (Lipinski definition) is 2. The van der Waals surface area contributed by atoms with E-state index in [0.717, 1.165) is 12.5 Å². The van der Waals surface area contributed by atoms with Gasteiger partial charge in [-0.05, 0) is 39.2 Å². The van der Waals surface area contributed by atoms with Crippen molar-refractivity contribution in [2.75, 3.05) is 13.6 Å². The van der Waals surface area contributed by atoms with Crippen LogP contribution in [0.4, 0.5) is 0 Å². The summed E-state index contributed by atoms with van der Waals surface area (Å²) in [5, 5.41) is 10.5. The summed E-state index contributed by atoms with van der Waals surface area (Å²) in [6, 6.07) is 11.5. The number of rotatable bonds is 6. The average Bonchev–Trinajstić information content (AvgIpc) is 3.28. The number of guanidine groups is 1. The Kier molecular flexibility index (Phi) is 5.23. The van der Waals surface area contributed by atoms with E-state index in [1.165, 1.54) is 18.4 Å². The van der Waals surface area contributed by atoms with E-state index in [4.69, 9.17) is 0 Å². The number of nitrogens with zero attached hydrogens (tertiary/aromatic N) is 1. The minimum Gasteiger partial charge on any atom is -0.355 e. The van der Waals surface area contributed by atoms with E-state index in [1.807, 2.05) is 7.05 Å². The lowest BCUT2D eigenvalue weighted by molar-refractivity contribution is 0.345. The molecule has 0 aliphatic heterocycles. The molecule has 1 aromatic carbocycles. The summed E-state index contributed by atoms with van der Waals surface area (Å²) in [6.45, 7) is 7.46. The minimum absolute atomic E-state index is 0.0174. The highest BCUT2D eigenvalue weighted by molar-refractivity contribution is 5.80. The molecule has 0 bridgehead atoms. The summed E-state index contributed by atoms with van der Waals surface area (Å²) in [6.07, 6.45) is 2.51. The lowest BCUT2D eigenvalue weighted by Crippen LogP contribution is -2.52. The minimum atomic E-state index is -0.0174. The zero-order valence-electron chi connectivity index (χ0n) is 13.6. The topological polar surface area (TPSA) is 48.5 Å². The van der Waals surface area contributed by atoms with E-state index in [2.05, 4.69) is 72.0 Å². The van der Waals surface area contributed by atoms with Gasteiger partial charge < -0.3 is 16.0 Å². The van der Waals surface area contributed by atoms with Crippen LogP contribution in [0.5, 0.6) is 0 Å². The molecule has 1 aliphatic rings. The van der Waals surface area contributed by atoms with Gasteiger partial charge in [0.15, 0.2) is 5.96 Å². The van der Waals surface area contributed by atoms with E-state index in [9.17, 15) is 0 Å². The average molecular weight is 288 g/mol. The maximum absolute atomic E-state index is 4.28. The molecule has 0 heterocycles. The van der Waals surface area contributed by atoms with Gasteiger partial charge in [0.1, 0.15) is 0 Å². The Labute approximate surface area is 128 Å². The molecule has 116 valence electrons. The van der Waals surface area contributed by atoms with Gasteiger partial charge in [0.2, 0.25) is 0 Å². The van der Waals surface area contributed by atoms with Crippen LogP contribution in [-0.2, 0) is 0 Å². The molecule has 3 N–H and O–H groups in total. The first-order valence-electron chi connectivity index (χ1n) is 7.80. The van der Waals surface area contributed by atoms with Crippen molar-refractivity contribution in [3.63, 3.8) is 0 Å². The highest BCUT2D eigenvalue weighted by Gasteiger charge is 2.24. The summed E-state index contributed by atoms with van der Waals surface area (Å²) in [5.41, 5.74) is 1.29. The van der Waals surface area contributed by atoms with Crippen LogP contribution >= 0.6 is 0 Å². The van der Waals surface area contributed by atoms with E-state index in [-0.39, 0.29) is 5.54 Å². The molecule has 1 unspecified atom stereocenters. The normalized spacial score (nSPS) is 17.4. The van der Waals surface area contributed by atoms with Crippen molar-refractivity contribution < 1.29 is 0 Å². The Balaban J connectivity index is 1.83. The number of benzene rings is 1. The smallest absolute Gasteiger partial charge is 0.191 e. The molecule has 1 atom stereocenters. The van der Waals surface area contributed by atoms with Crippen molar-refractivity contribution in [1.29, 1.82) is 0 Å². The number of aliphatic imine (C=N–C) groups is 1. The van der Waals surface area contributed by atoms with E-state index in [1.54, 1.807) is 0 Å². The molecule has 1 aliphatic carbocycles. The van der Waals surface area contributed by atoms with Crippen LogP contribution in [0.25, 0.3) is 0 Å². The molecule has 1 saturated carbocycles. The second-order valence-corrected chi connectivity index (χ2v) is 6.50. The third kappa shape index (κ3) is 5.38. The van der Waals surface area contributed by atoms with Gasteiger partial charge in [0.25, 0.3) is 0 Å². The summed E-state index contributed by atoms with van der Waals surface area (Å²) in [7, 11) is 1.82. The van der Waals surface area contributed by atoms with Crippen LogP contribution in [0.1, 0.15) is 45.2 Å². The fourth-order valence-corrected chi connectivity index (χ4v) is 2.38. The fourth-order valence-electron chi connectivity index (χ4n) is 2.38. The lowest BCUT2D eigenvalue weighted by Gasteiger charge is -2.31. The molecule has 2 rings (SSSR count). The summed E-state index contributed by atoms with van der Waals surface area (Å²) in [4.78, 5) is 4.28. The second kappa shape index (κ2) is 6.94. The van der Waals surface area contributed by atoms with Gasteiger partial charge in [-0.15, -0.1) is 0 Å².